The van der Waals surface area contributed by atoms with Gasteiger partial charge in [0, 0.05) is 43.5 Å². The fraction of sp³-hybridized carbons (Fsp3) is 0.433. The second-order valence-corrected chi connectivity index (χ2v) is 12.8. The van der Waals surface area contributed by atoms with Gasteiger partial charge in [-0.1, -0.05) is 48.5 Å². The van der Waals surface area contributed by atoms with E-state index in [-0.39, 0.29) is 5.41 Å². The molecule has 0 bridgehead atoms. The summed E-state index contributed by atoms with van der Waals surface area (Å²) in [6, 6.07) is 21.9. The first-order valence-corrected chi connectivity index (χ1v) is 15.4. The number of ether oxygens (including phenoxy) is 1. The monoisotopic (exact) mass is 518 g/mol. The highest BCUT2D eigenvalue weighted by Gasteiger charge is 2.59. The van der Waals surface area contributed by atoms with Gasteiger partial charge in [-0.15, -0.1) is 0 Å². The summed E-state index contributed by atoms with van der Waals surface area (Å²) in [4.78, 5) is 7.46. The average Bonchev–Trinajstić information content (AvgIpc) is 3.07. The number of para-hydroxylation sites is 1. The van der Waals surface area contributed by atoms with E-state index in [1.54, 1.807) is 0 Å². The molecule has 196 valence electrons. The molecule has 3 aromatic rings. The van der Waals surface area contributed by atoms with Crippen LogP contribution in [0.25, 0.3) is 10.8 Å². The first kappa shape index (κ1) is 25.9. The SMILES string of the molecule is CCO[Si](CCCN1c2ccccc2C(C)(C)C12C=Nc1c(ccc3ccccc13)O2)(OCC)OCC. The largest absolute Gasteiger partial charge is 0.500 e. The molecule has 0 saturated carbocycles. The first-order chi connectivity index (χ1) is 17.9. The third kappa shape index (κ3) is 4.28. The van der Waals surface area contributed by atoms with Crippen molar-refractivity contribution in [1.82, 2.24) is 0 Å². The highest BCUT2D eigenvalue weighted by Crippen LogP contribution is 2.54. The summed E-state index contributed by atoms with van der Waals surface area (Å²) in [6.45, 7) is 13.0. The summed E-state index contributed by atoms with van der Waals surface area (Å²) in [5.41, 5.74) is 2.25. The number of benzene rings is 3. The third-order valence-corrected chi connectivity index (χ3v) is 10.8. The Morgan fingerprint density at radius 3 is 2.27 bits per heavy atom. The van der Waals surface area contributed by atoms with Gasteiger partial charge in [0.2, 0.25) is 5.72 Å². The van der Waals surface area contributed by atoms with E-state index in [9.17, 15) is 0 Å². The fourth-order valence-corrected chi connectivity index (χ4v) is 8.49. The molecule has 2 aliphatic rings. The fourth-order valence-electron chi connectivity index (χ4n) is 5.90. The van der Waals surface area contributed by atoms with Crippen LogP contribution in [0.4, 0.5) is 11.4 Å². The van der Waals surface area contributed by atoms with Crippen LogP contribution < -0.4 is 9.64 Å². The van der Waals surface area contributed by atoms with Gasteiger partial charge >= 0.3 is 8.80 Å². The Morgan fingerprint density at radius 2 is 1.54 bits per heavy atom. The molecule has 1 unspecified atom stereocenters. The van der Waals surface area contributed by atoms with Crippen LogP contribution in [0.5, 0.6) is 5.75 Å². The summed E-state index contributed by atoms with van der Waals surface area (Å²) < 4.78 is 25.4. The Morgan fingerprint density at radius 1 is 0.865 bits per heavy atom. The lowest BCUT2D eigenvalue weighted by Gasteiger charge is -2.46. The van der Waals surface area contributed by atoms with Crippen molar-refractivity contribution < 1.29 is 18.0 Å². The van der Waals surface area contributed by atoms with E-state index in [1.807, 2.05) is 27.0 Å². The van der Waals surface area contributed by atoms with Crippen molar-refractivity contribution in [2.75, 3.05) is 31.3 Å². The van der Waals surface area contributed by atoms with Crippen molar-refractivity contribution in [3.05, 3.63) is 66.2 Å². The van der Waals surface area contributed by atoms with Gasteiger partial charge in [-0.3, -0.25) is 4.99 Å². The average molecular weight is 519 g/mol. The van der Waals surface area contributed by atoms with Crippen LogP contribution >= 0.6 is 0 Å². The maximum absolute atomic E-state index is 7.02. The number of aliphatic imine (C=N–C) groups is 1. The molecule has 1 atom stereocenters. The molecule has 0 saturated heterocycles. The number of rotatable bonds is 10. The smallest absolute Gasteiger partial charge is 0.459 e. The van der Waals surface area contributed by atoms with Gasteiger partial charge in [0.15, 0.2) is 0 Å². The number of nitrogens with zero attached hydrogens (tertiary/aromatic N) is 2. The normalized spacial score (nSPS) is 19.8. The van der Waals surface area contributed by atoms with Gasteiger partial charge in [-0.05, 0) is 64.1 Å². The van der Waals surface area contributed by atoms with Crippen LogP contribution in [0, 0.1) is 0 Å². The Balaban J connectivity index is 1.51. The predicted molar refractivity (Wildman–Crippen MR) is 152 cm³/mol. The quantitative estimate of drug-likeness (QED) is 0.274. The second-order valence-electron chi connectivity index (χ2n) is 10.1. The van der Waals surface area contributed by atoms with E-state index in [4.69, 9.17) is 23.0 Å². The molecule has 0 N–H and O–H groups in total. The summed E-state index contributed by atoms with van der Waals surface area (Å²) >= 11 is 0. The number of hydrogen-bond donors (Lipinski definition) is 0. The summed E-state index contributed by atoms with van der Waals surface area (Å²) in [6.07, 6.45) is 2.88. The van der Waals surface area contributed by atoms with Gasteiger partial charge in [0.05, 0.1) is 11.6 Å². The Bertz CT molecular complexity index is 1280. The third-order valence-electron chi connectivity index (χ3n) is 7.62. The molecular weight excluding hydrogens is 480 g/mol. The Hall–Kier alpha value is -2.71. The minimum atomic E-state index is -2.75. The maximum Gasteiger partial charge on any atom is 0.500 e. The molecular formula is C30H38N2O4Si. The highest BCUT2D eigenvalue weighted by molar-refractivity contribution is 6.60. The van der Waals surface area contributed by atoms with Gasteiger partial charge in [-0.2, -0.15) is 0 Å². The molecule has 37 heavy (non-hydrogen) atoms. The zero-order valence-electron chi connectivity index (χ0n) is 22.6. The van der Waals surface area contributed by atoms with Crippen molar-refractivity contribution in [3.8, 4) is 5.75 Å². The standard InChI is InChI=1S/C30H38N2O4Si/c1-6-33-37(34-7-2,35-8-3)21-13-20-32-26-17-12-11-16-25(26)29(4,5)30(32)22-31-28-24-15-10-9-14-23(24)18-19-27(28)36-30/h9-12,14-19,22H,6-8,13,20-21H2,1-5H3. The summed E-state index contributed by atoms with van der Waals surface area (Å²) in [7, 11) is -2.75. The molecule has 5 rings (SSSR count). The number of hydrogen-bond acceptors (Lipinski definition) is 6. The summed E-state index contributed by atoms with van der Waals surface area (Å²) in [5.74, 6) is 0.814. The predicted octanol–water partition coefficient (Wildman–Crippen LogP) is 6.87. The molecule has 0 radical (unpaired) electrons. The minimum absolute atomic E-state index is 0.329. The van der Waals surface area contributed by atoms with Gasteiger partial charge in [-0.25, -0.2) is 0 Å². The van der Waals surface area contributed by atoms with E-state index < -0.39 is 14.5 Å². The molecule has 3 aromatic carbocycles. The molecule has 0 fully saturated rings. The lowest BCUT2D eigenvalue weighted by molar-refractivity contribution is 0.0676. The van der Waals surface area contributed by atoms with E-state index in [0.29, 0.717) is 19.8 Å². The lowest BCUT2D eigenvalue weighted by Crippen LogP contribution is -2.62. The van der Waals surface area contributed by atoms with E-state index in [1.165, 1.54) is 11.3 Å². The molecule has 2 aliphatic heterocycles. The lowest BCUT2D eigenvalue weighted by atomic mass is 9.77. The van der Waals surface area contributed by atoms with E-state index in [0.717, 1.165) is 41.2 Å². The van der Waals surface area contributed by atoms with Crippen molar-refractivity contribution >= 4 is 37.2 Å². The number of fused-ring (bicyclic) bond motifs is 4. The minimum Gasteiger partial charge on any atom is -0.459 e. The topological polar surface area (TPSA) is 52.5 Å². The van der Waals surface area contributed by atoms with Crippen molar-refractivity contribution in [2.24, 2.45) is 4.99 Å². The molecule has 6 nitrogen and oxygen atoms in total. The second kappa shape index (κ2) is 10.2. The van der Waals surface area contributed by atoms with E-state index in [2.05, 4.69) is 79.4 Å². The number of anilines is 1. The van der Waals surface area contributed by atoms with Crippen molar-refractivity contribution in [2.45, 2.75) is 58.2 Å². The van der Waals surface area contributed by atoms with Crippen LogP contribution in [-0.4, -0.2) is 47.1 Å². The van der Waals surface area contributed by atoms with Crippen LogP contribution in [0.1, 0.15) is 46.6 Å². The zero-order valence-corrected chi connectivity index (χ0v) is 23.6. The molecule has 0 aliphatic carbocycles. The van der Waals surface area contributed by atoms with Crippen LogP contribution in [-0.2, 0) is 18.7 Å². The molecule has 1 spiro atoms. The van der Waals surface area contributed by atoms with Crippen molar-refractivity contribution in [1.29, 1.82) is 0 Å². The first-order valence-electron chi connectivity index (χ1n) is 13.5. The van der Waals surface area contributed by atoms with Crippen LogP contribution in [0.15, 0.2) is 65.7 Å². The molecule has 7 heteroatoms. The van der Waals surface area contributed by atoms with E-state index >= 15 is 0 Å². The Labute approximate surface area is 221 Å². The molecule has 2 heterocycles. The van der Waals surface area contributed by atoms with Gasteiger partial charge < -0.3 is 22.9 Å². The van der Waals surface area contributed by atoms with Crippen molar-refractivity contribution in [3.63, 3.8) is 0 Å². The zero-order chi connectivity index (χ0) is 26.1. The summed E-state index contributed by atoms with van der Waals surface area (Å²) in [5, 5.41) is 2.26. The van der Waals surface area contributed by atoms with Gasteiger partial charge in [0.25, 0.3) is 0 Å². The van der Waals surface area contributed by atoms with Crippen LogP contribution in [0.2, 0.25) is 6.04 Å². The van der Waals surface area contributed by atoms with Crippen LogP contribution in [0.3, 0.4) is 0 Å². The highest BCUT2D eigenvalue weighted by atomic mass is 28.4. The molecule has 0 aromatic heterocycles. The maximum atomic E-state index is 7.02. The van der Waals surface area contributed by atoms with Gasteiger partial charge in [0.1, 0.15) is 11.4 Å². The molecule has 0 amide bonds. The Kier molecular flexibility index (Phi) is 7.15.